The second-order valence-corrected chi connectivity index (χ2v) is 9.10. The van der Waals surface area contributed by atoms with Gasteiger partial charge in [0.1, 0.15) is 0 Å². The van der Waals surface area contributed by atoms with Gasteiger partial charge in [0.15, 0.2) is 21.4 Å². The van der Waals surface area contributed by atoms with Crippen LogP contribution in [0.3, 0.4) is 0 Å². The zero-order chi connectivity index (χ0) is 20.7. The fourth-order valence-electron chi connectivity index (χ4n) is 3.18. The molecule has 0 fully saturated rings. The molecule has 0 bridgehead atoms. The molecule has 0 amide bonds. The Morgan fingerprint density at radius 1 is 0.655 bits per heavy atom. The van der Waals surface area contributed by atoms with Crippen LogP contribution in [0.1, 0.15) is 44.4 Å². The molecule has 0 N–H and O–H groups in total. The Bertz CT molecular complexity index is 1060. The largest absolute Gasteiger partial charge is 0.294 e. The summed E-state index contributed by atoms with van der Waals surface area (Å²) in [6.45, 7) is 0. The predicted molar refractivity (Wildman–Crippen MR) is 114 cm³/mol. The van der Waals surface area contributed by atoms with E-state index < -0.39 is 15.1 Å². The molecule has 29 heavy (non-hydrogen) atoms. The lowest BCUT2D eigenvalue weighted by Gasteiger charge is -2.18. The fraction of sp³-hybridized carbons (Fsp3) is 0.167. The fourth-order valence-corrected chi connectivity index (χ4v) is 4.91. The van der Waals surface area contributed by atoms with Gasteiger partial charge in [-0.05, 0) is 5.56 Å². The van der Waals surface area contributed by atoms with E-state index in [9.17, 15) is 18.0 Å². The van der Waals surface area contributed by atoms with E-state index in [0.717, 1.165) is 0 Å². The molecule has 0 aliphatic carbocycles. The average molecular weight is 407 g/mol. The number of Topliss-reactive ketones (excluding diaryl/α,β-unsaturated/α-hetero) is 2. The van der Waals surface area contributed by atoms with Crippen LogP contribution in [0.25, 0.3) is 0 Å². The van der Waals surface area contributed by atoms with Crippen LogP contribution in [-0.2, 0) is 9.84 Å². The number of ketones is 2. The van der Waals surface area contributed by atoms with E-state index in [2.05, 4.69) is 0 Å². The first-order chi connectivity index (χ1) is 14.0. The van der Waals surface area contributed by atoms with Crippen LogP contribution in [0.2, 0.25) is 0 Å². The van der Waals surface area contributed by atoms with Crippen molar-refractivity contribution in [1.82, 2.24) is 0 Å². The molecule has 3 aromatic rings. The molecule has 4 nitrogen and oxygen atoms in total. The van der Waals surface area contributed by atoms with Crippen LogP contribution in [0, 0.1) is 0 Å². The molecular formula is C24H22O4S. The monoisotopic (exact) mass is 406 g/mol. The Kier molecular flexibility index (Phi) is 6.73. The molecule has 0 aromatic heterocycles. The predicted octanol–water partition coefficient (Wildman–Crippen LogP) is 4.69. The normalized spacial score (nSPS) is 12.3. The highest BCUT2D eigenvalue weighted by Crippen LogP contribution is 2.29. The number of carbonyl (C=O) groups is 2. The number of hydrogen-bond donors (Lipinski definition) is 0. The molecule has 5 heteroatoms. The van der Waals surface area contributed by atoms with Crippen molar-refractivity contribution in [2.45, 2.75) is 18.1 Å². The molecule has 1 atom stereocenters. The second kappa shape index (κ2) is 9.43. The summed E-state index contributed by atoms with van der Waals surface area (Å²) in [5, 5.41) is -0.986. The quantitative estimate of drug-likeness (QED) is 0.484. The second-order valence-electron chi connectivity index (χ2n) is 6.80. The zero-order valence-electron chi connectivity index (χ0n) is 15.9. The van der Waals surface area contributed by atoms with E-state index >= 15 is 0 Å². The van der Waals surface area contributed by atoms with Crippen molar-refractivity contribution in [2.24, 2.45) is 0 Å². The maximum atomic E-state index is 13.1. The van der Waals surface area contributed by atoms with Crippen molar-refractivity contribution in [3.05, 3.63) is 108 Å². The SMILES string of the molecule is O=C(CCS(=O)(=O)C(CC(=O)c1ccccc1)c1ccccc1)c1ccccc1. The third-order valence-corrected chi connectivity index (χ3v) is 6.86. The molecule has 0 saturated carbocycles. The summed E-state index contributed by atoms with van der Waals surface area (Å²) in [5.74, 6) is -0.768. The van der Waals surface area contributed by atoms with E-state index in [4.69, 9.17) is 0 Å². The maximum absolute atomic E-state index is 13.1. The minimum atomic E-state index is -3.72. The van der Waals surface area contributed by atoms with Crippen molar-refractivity contribution in [3.63, 3.8) is 0 Å². The highest BCUT2D eigenvalue weighted by molar-refractivity contribution is 7.91. The van der Waals surface area contributed by atoms with E-state index in [1.54, 1.807) is 91.0 Å². The lowest BCUT2D eigenvalue weighted by molar-refractivity contribution is 0.0978. The van der Waals surface area contributed by atoms with Crippen LogP contribution >= 0.6 is 0 Å². The minimum absolute atomic E-state index is 0.116. The number of rotatable bonds is 9. The lowest BCUT2D eigenvalue weighted by Crippen LogP contribution is -2.22. The van der Waals surface area contributed by atoms with Crippen LogP contribution in [0.5, 0.6) is 0 Å². The first-order valence-electron chi connectivity index (χ1n) is 9.40. The highest BCUT2D eigenvalue weighted by Gasteiger charge is 2.30. The standard InChI is InChI=1S/C24H22O4S/c25-22(19-10-4-1-5-11-19)16-17-29(27,28)24(21-14-8-3-9-15-21)18-23(26)20-12-6-2-7-13-20/h1-15,24H,16-18H2. The van der Waals surface area contributed by atoms with Crippen molar-refractivity contribution in [2.75, 3.05) is 5.75 Å². The molecule has 0 spiro atoms. The molecule has 148 valence electrons. The van der Waals surface area contributed by atoms with Gasteiger partial charge in [-0.2, -0.15) is 0 Å². The van der Waals surface area contributed by atoms with Gasteiger partial charge in [0, 0.05) is 24.0 Å². The van der Waals surface area contributed by atoms with Crippen molar-refractivity contribution < 1.29 is 18.0 Å². The number of carbonyl (C=O) groups excluding carboxylic acids is 2. The van der Waals surface area contributed by atoms with Crippen LogP contribution in [0.4, 0.5) is 0 Å². The first-order valence-corrected chi connectivity index (χ1v) is 11.1. The van der Waals surface area contributed by atoms with Gasteiger partial charge in [0.2, 0.25) is 0 Å². The molecule has 0 heterocycles. The van der Waals surface area contributed by atoms with Gasteiger partial charge >= 0.3 is 0 Å². The Hall–Kier alpha value is -3.05. The van der Waals surface area contributed by atoms with Crippen molar-refractivity contribution in [3.8, 4) is 0 Å². The maximum Gasteiger partial charge on any atom is 0.164 e. The molecule has 0 aliphatic rings. The lowest BCUT2D eigenvalue weighted by atomic mass is 10.0. The molecule has 1 unspecified atom stereocenters. The Labute approximate surface area is 171 Å². The van der Waals surface area contributed by atoms with Gasteiger partial charge in [-0.25, -0.2) is 8.42 Å². The van der Waals surface area contributed by atoms with Gasteiger partial charge in [0.05, 0.1) is 11.0 Å². The Morgan fingerprint density at radius 3 is 1.62 bits per heavy atom. The van der Waals surface area contributed by atoms with Gasteiger partial charge in [-0.3, -0.25) is 9.59 Å². The molecule has 0 saturated heterocycles. The van der Waals surface area contributed by atoms with Gasteiger partial charge in [0.25, 0.3) is 0 Å². The summed E-state index contributed by atoms with van der Waals surface area (Å²) >= 11 is 0. The summed E-state index contributed by atoms with van der Waals surface area (Å²) in [7, 11) is -3.72. The molecule has 0 aliphatic heterocycles. The molecule has 3 aromatic carbocycles. The molecule has 3 rings (SSSR count). The van der Waals surface area contributed by atoms with E-state index in [1.807, 2.05) is 0 Å². The topological polar surface area (TPSA) is 68.3 Å². The minimum Gasteiger partial charge on any atom is -0.294 e. The van der Waals surface area contributed by atoms with Crippen LogP contribution < -0.4 is 0 Å². The van der Waals surface area contributed by atoms with E-state index in [-0.39, 0.29) is 30.2 Å². The summed E-state index contributed by atoms with van der Waals surface area (Å²) in [4.78, 5) is 25.1. The molecular weight excluding hydrogens is 384 g/mol. The van der Waals surface area contributed by atoms with Crippen LogP contribution in [-0.4, -0.2) is 25.7 Å². The van der Waals surface area contributed by atoms with Gasteiger partial charge in [-0.1, -0.05) is 91.0 Å². The zero-order valence-corrected chi connectivity index (χ0v) is 16.7. The molecule has 0 radical (unpaired) electrons. The first kappa shape index (κ1) is 20.7. The Morgan fingerprint density at radius 2 is 1.10 bits per heavy atom. The van der Waals surface area contributed by atoms with E-state index in [1.165, 1.54) is 0 Å². The third-order valence-electron chi connectivity index (χ3n) is 4.78. The van der Waals surface area contributed by atoms with E-state index in [0.29, 0.717) is 16.7 Å². The van der Waals surface area contributed by atoms with Crippen molar-refractivity contribution in [1.29, 1.82) is 0 Å². The number of sulfone groups is 1. The number of hydrogen-bond acceptors (Lipinski definition) is 4. The summed E-state index contributed by atoms with van der Waals surface area (Å²) < 4.78 is 26.3. The smallest absolute Gasteiger partial charge is 0.164 e. The summed E-state index contributed by atoms with van der Waals surface area (Å²) in [5.41, 5.74) is 1.52. The highest BCUT2D eigenvalue weighted by atomic mass is 32.2. The van der Waals surface area contributed by atoms with Gasteiger partial charge in [-0.15, -0.1) is 0 Å². The number of benzene rings is 3. The van der Waals surface area contributed by atoms with Gasteiger partial charge < -0.3 is 0 Å². The summed E-state index contributed by atoms with van der Waals surface area (Å²) in [6.07, 6.45) is -0.273. The third kappa shape index (κ3) is 5.48. The van der Waals surface area contributed by atoms with Crippen molar-refractivity contribution >= 4 is 21.4 Å². The van der Waals surface area contributed by atoms with Crippen LogP contribution in [0.15, 0.2) is 91.0 Å². The summed E-state index contributed by atoms with van der Waals surface area (Å²) in [6, 6.07) is 26.0. The Balaban J connectivity index is 1.81. The average Bonchev–Trinajstić information content (AvgIpc) is 2.77.